The Kier molecular flexibility index (Phi) is 4.82. The molecule has 0 heterocycles. The van der Waals surface area contributed by atoms with Gasteiger partial charge in [0.15, 0.2) is 0 Å². The third-order valence-corrected chi connectivity index (χ3v) is 0.871. The van der Waals surface area contributed by atoms with Gasteiger partial charge in [-0.1, -0.05) is 0 Å². The van der Waals surface area contributed by atoms with E-state index in [4.69, 9.17) is 27.3 Å². The zero-order valence-electron chi connectivity index (χ0n) is 5.84. The molecule has 7 N–H and O–H groups in total. The summed E-state index contributed by atoms with van der Waals surface area (Å²) in [6.45, 7) is 0.847. The standard InChI is InChI=1S/C5H14N4O/c6-1-2-10-5(9)3-4(7)8/h5H,1-3,6,9H2,(H3,7,8). The lowest BCUT2D eigenvalue weighted by molar-refractivity contribution is 0.0683. The zero-order valence-corrected chi connectivity index (χ0v) is 5.84. The van der Waals surface area contributed by atoms with E-state index in [-0.39, 0.29) is 12.3 Å². The molecule has 0 aliphatic carbocycles. The van der Waals surface area contributed by atoms with Crippen LogP contribution in [0.5, 0.6) is 0 Å². The lowest BCUT2D eigenvalue weighted by atomic mass is 10.4. The zero-order chi connectivity index (χ0) is 7.98. The van der Waals surface area contributed by atoms with Gasteiger partial charge < -0.3 is 21.9 Å². The van der Waals surface area contributed by atoms with Crippen molar-refractivity contribution in [3.8, 4) is 0 Å². The average Bonchev–Trinajstić information content (AvgIpc) is 1.82. The van der Waals surface area contributed by atoms with Crippen molar-refractivity contribution in [1.82, 2.24) is 0 Å². The monoisotopic (exact) mass is 146 g/mol. The molecule has 0 aliphatic rings. The topological polar surface area (TPSA) is 111 Å². The smallest absolute Gasteiger partial charge is 0.112 e. The Labute approximate surface area is 60.0 Å². The number of ether oxygens (including phenoxy) is 1. The molecule has 0 aliphatic heterocycles. The van der Waals surface area contributed by atoms with Crippen LogP contribution in [-0.4, -0.2) is 25.2 Å². The van der Waals surface area contributed by atoms with Gasteiger partial charge in [-0.3, -0.25) is 5.41 Å². The molecule has 0 aromatic rings. The van der Waals surface area contributed by atoms with Crippen LogP contribution < -0.4 is 17.2 Å². The maximum absolute atomic E-state index is 6.85. The lowest BCUT2D eigenvalue weighted by Gasteiger charge is -2.10. The van der Waals surface area contributed by atoms with Crippen LogP contribution in [0.4, 0.5) is 0 Å². The quantitative estimate of drug-likeness (QED) is 0.216. The van der Waals surface area contributed by atoms with Crippen molar-refractivity contribution in [1.29, 1.82) is 5.41 Å². The van der Waals surface area contributed by atoms with Gasteiger partial charge in [0.05, 0.1) is 12.4 Å². The summed E-state index contributed by atoms with van der Waals surface area (Å²) in [5, 5.41) is 6.85. The van der Waals surface area contributed by atoms with E-state index in [1.54, 1.807) is 0 Å². The van der Waals surface area contributed by atoms with Crippen molar-refractivity contribution in [2.45, 2.75) is 12.6 Å². The molecule has 10 heavy (non-hydrogen) atoms. The fourth-order valence-electron chi connectivity index (χ4n) is 0.495. The van der Waals surface area contributed by atoms with E-state index in [1.165, 1.54) is 0 Å². The maximum Gasteiger partial charge on any atom is 0.112 e. The molecular formula is C5H14N4O. The first-order valence-corrected chi connectivity index (χ1v) is 3.07. The molecule has 0 spiro atoms. The Morgan fingerprint density at radius 3 is 2.60 bits per heavy atom. The van der Waals surface area contributed by atoms with Crippen molar-refractivity contribution in [3.05, 3.63) is 0 Å². The molecule has 0 bridgehead atoms. The van der Waals surface area contributed by atoms with Crippen molar-refractivity contribution in [2.24, 2.45) is 17.2 Å². The fourth-order valence-corrected chi connectivity index (χ4v) is 0.495. The van der Waals surface area contributed by atoms with E-state index in [2.05, 4.69) is 0 Å². The fraction of sp³-hybridized carbons (Fsp3) is 0.800. The lowest BCUT2D eigenvalue weighted by Crippen LogP contribution is -2.31. The highest BCUT2D eigenvalue weighted by molar-refractivity contribution is 5.77. The molecule has 1 unspecified atom stereocenters. The van der Waals surface area contributed by atoms with Crippen LogP contribution in [-0.2, 0) is 4.74 Å². The van der Waals surface area contributed by atoms with Gasteiger partial charge in [0.2, 0.25) is 0 Å². The van der Waals surface area contributed by atoms with Crippen LogP contribution in [0, 0.1) is 5.41 Å². The number of amidine groups is 1. The summed E-state index contributed by atoms with van der Waals surface area (Å²) in [5.41, 5.74) is 15.6. The van der Waals surface area contributed by atoms with Gasteiger partial charge in [0.1, 0.15) is 6.23 Å². The molecule has 0 rings (SSSR count). The molecule has 0 aromatic carbocycles. The molecular weight excluding hydrogens is 132 g/mol. The summed E-state index contributed by atoms with van der Waals surface area (Å²) < 4.78 is 4.93. The predicted octanol–water partition coefficient (Wildman–Crippen LogP) is -1.43. The molecule has 60 valence electrons. The number of nitrogens with one attached hydrogen (secondary N) is 1. The minimum atomic E-state index is -0.485. The van der Waals surface area contributed by atoms with Gasteiger partial charge in [-0.2, -0.15) is 0 Å². The van der Waals surface area contributed by atoms with Gasteiger partial charge in [-0.15, -0.1) is 0 Å². The number of hydrogen-bond acceptors (Lipinski definition) is 4. The van der Waals surface area contributed by atoms with Gasteiger partial charge >= 0.3 is 0 Å². The second-order valence-electron chi connectivity index (χ2n) is 1.93. The highest BCUT2D eigenvalue weighted by atomic mass is 16.5. The van der Waals surface area contributed by atoms with Crippen molar-refractivity contribution in [2.75, 3.05) is 13.2 Å². The summed E-state index contributed by atoms with van der Waals surface area (Å²) in [6, 6.07) is 0. The third-order valence-electron chi connectivity index (χ3n) is 0.871. The summed E-state index contributed by atoms with van der Waals surface area (Å²) >= 11 is 0. The second-order valence-corrected chi connectivity index (χ2v) is 1.93. The van der Waals surface area contributed by atoms with E-state index in [0.29, 0.717) is 13.2 Å². The highest BCUT2D eigenvalue weighted by Crippen LogP contribution is 1.87. The first-order chi connectivity index (χ1) is 4.66. The van der Waals surface area contributed by atoms with Crippen molar-refractivity contribution >= 4 is 5.84 Å². The Morgan fingerprint density at radius 2 is 2.20 bits per heavy atom. The molecule has 0 fully saturated rings. The number of nitrogens with two attached hydrogens (primary N) is 3. The normalized spacial score (nSPS) is 13.0. The highest BCUT2D eigenvalue weighted by Gasteiger charge is 2.01. The van der Waals surface area contributed by atoms with Gasteiger partial charge in [-0.25, -0.2) is 0 Å². The molecule has 0 radical (unpaired) electrons. The second kappa shape index (κ2) is 5.16. The predicted molar refractivity (Wildman–Crippen MR) is 39.5 cm³/mol. The van der Waals surface area contributed by atoms with Crippen LogP contribution in [0.25, 0.3) is 0 Å². The molecule has 0 amide bonds. The van der Waals surface area contributed by atoms with E-state index in [9.17, 15) is 0 Å². The SMILES string of the molecule is N=C(N)CC(N)OCCN. The number of hydrogen-bond donors (Lipinski definition) is 4. The first-order valence-electron chi connectivity index (χ1n) is 3.07. The van der Waals surface area contributed by atoms with Crippen molar-refractivity contribution < 1.29 is 4.74 Å². The molecule has 0 aromatic heterocycles. The van der Waals surface area contributed by atoms with E-state index in [0.717, 1.165) is 0 Å². The maximum atomic E-state index is 6.85. The summed E-state index contributed by atoms with van der Waals surface area (Å²) in [4.78, 5) is 0. The summed E-state index contributed by atoms with van der Waals surface area (Å²) in [5.74, 6) is 0.0320. The summed E-state index contributed by atoms with van der Waals surface area (Å²) in [7, 11) is 0. The molecule has 1 atom stereocenters. The van der Waals surface area contributed by atoms with Gasteiger partial charge in [-0.05, 0) is 0 Å². The van der Waals surface area contributed by atoms with Crippen LogP contribution in [0.15, 0.2) is 0 Å². The number of rotatable bonds is 5. The van der Waals surface area contributed by atoms with Crippen LogP contribution in [0.1, 0.15) is 6.42 Å². The Hall–Kier alpha value is -0.650. The first kappa shape index (κ1) is 9.35. The van der Waals surface area contributed by atoms with E-state index in [1.807, 2.05) is 0 Å². The van der Waals surface area contributed by atoms with Crippen LogP contribution in [0.2, 0.25) is 0 Å². The summed E-state index contributed by atoms with van der Waals surface area (Å²) in [6.07, 6.45) is -0.221. The average molecular weight is 146 g/mol. The van der Waals surface area contributed by atoms with Gasteiger partial charge in [0.25, 0.3) is 0 Å². The molecule has 5 heteroatoms. The molecule has 5 nitrogen and oxygen atoms in total. The Balaban J connectivity index is 3.25. The Bertz CT molecular complexity index is 106. The molecule has 0 saturated heterocycles. The van der Waals surface area contributed by atoms with E-state index < -0.39 is 6.23 Å². The van der Waals surface area contributed by atoms with Crippen LogP contribution in [0.3, 0.4) is 0 Å². The van der Waals surface area contributed by atoms with Crippen molar-refractivity contribution in [3.63, 3.8) is 0 Å². The van der Waals surface area contributed by atoms with E-state index >= 15 is 0 Å². The van der Waals surface area contributed by atoms with Crippen LogP contribution >= 0.6 is 0 Å². The Morgan fingerprint density at radius 1 is 1.60 bits per heavy atom. The van der Waals surface area contributed by atoms with Gasteiger partial charge in [0, 0.05) is 13.0 Å². The molecule has 0 saturated carbocycles. The third kappa shape index (κ3) is 5.49. The largest absolute Gasteiger partial charge is 0.388 e. The minimum absolute atomic E-state index is 0.0320. The minimum Gasteiger partial charge on any atom is -0.388 e.